The third kappa shape index (κ3) is 6.58. The van der Waals surface area contributed by atoms with E-state index in [2.05, 4.69) is 25.9 Å². The molecule has 0 spiro atoms. The number of hydrogen-bond donors (Lipinski definition) is 2. The highest BCUT2D eigenvalue weighted by molar-refractivity contribution is 5.92. The van der Waals surface area contributed by atoms with Gasteiger partial charge in [-0.05, 0) is 56.1 Å². The van der Waals surface area contributed by atoms with Crippen LogP contribution in [0.4, 0.5) is 22.0 Å². The van der Waals surface area contributed by atoms with Crippen molar-refractivity contribution >= 4 is 17.5 Å². The second-order valence-corrected chi connectivity index (χ2v) is 10.7. The van der Waals surface area contributed by atoms with Gasteiger partial charge in [0.25, 0.3) is 5.91 Å². The average Bonchev–Trinajstić information content (AvgIpc) is 3.49. The zero-order valence-electron chi connectivity index (χ0n) is 21.7. The van der Waals surface area contributed by atoms with Gasteiger partial charge in [-0.2, -0.15) is 18.3 Å². The predicted molar refractivity (Wildman–Crippen MR) is 130 cm³/mol. The number of halogens is 5. The minimum Gasteiger partial charge on any atom is -0.351 e. The molecule has 0 radical (unpaired) electrons. The molecule has 216 valence electrons. The van der Waals surface area contributed by atoms with Gasteiger partial charge in [-0.1, -0.05) is 5.16 Å². The number of carbonyl (C=O) groups is 2. The summed E-state index contributed by atoms with van der Waals surface area (Å²) in [4.78, 5) is 29.9. The van der Waals surface area contributed by atoms with Crippen molar-refractivity contribution in [2.24, 2.45) is 11.8 Å². The number of alkyl halides is 5. The highest BCUT2D eigenvalue weighted by atomic mass is 19.4. The molecule has 0 aromatic carbocycles. The number of nitrogens with one attached hydrogen (secondary N) is 2. The van der Waals surface area contributed by atoms with Crippen LogP contribution in [0.15, 0.2) is 29.2 Å². The number of aromatic nitrogens is 4. The molecule has 3 heterocycles. The first-order chi connectivity index (χ1) is 18.9. The summed E-state index contributed by atoms with van der Waals surface area (Å²) in [5.41, 5.74) is 1.93. The van der Waals surface area contributed by atoms with Crippen LogP contribution in [0.3, 0.4) is 0 Å². The molecule has 0 saturated heterocycles. The molecule has 2 saturated carbocycles. The van der Waals surface area contributed by atoms with Gasteiger partial charge in [0.1, 0.15) is 0 Å². The summed E-state index contributed by atoms with van der Waals surface area (Å²) < 4.78 is 72.1. The molecule has 0 bridgehead atoms. The Balaban J connectivity index is 1.39. The minimum absolute atomic E-state index is 0.0175. The quantitative estimate of drug-likeness (QED) is 0.342. The Hall–Kier alpha value is -3.58. The summed E-state index contributed by atoms with van der Waals surface area (Å²) in [6.07, 6.45) is -0.389. The minimum atomic E-state index is -4.43. The van der Waals surface area contributed by atoms with Crippen molar-refractivity contribution in [3.05, 3.63) is 47.2 Å². The Morgan fingerprint density at radius 2 is 1.80 bits per heavy atom. The molecule has 2 N–H and O–H groups in total. The van der Waals surface area contributed by atoms with Gasteiger partial charge in [-0.25, -0.2) is 18.3 Å². The molecule has 2 aliphatic rings. The average molecular weight is 569 g/mol. The molecule has 3 aromatic heterocycles. The van der Waals surface area contributed by atoms with Gasteiger partial charge in [-0.3, -0.25) is 9.59 Å². The van der Waals surface area contributed by atoms with Crippen LogP contribution in [0.1, 0.15) is 90.8 Å². The number of fused-ring (bicyclic) bond motifs is 1. The summed E-state index contributed by atoms with van der Waals surface area (Å²) >= 11 is 0. The van der Waals surface area contributed by atoms with Crippen LogP contribution in [0.5, 0.6) is 0 Å². The van der Waals surface area contributed by atoms with E-state index in [4.69, 9.17) is 4.52 Å². The topological polar surface area (TPSA) is 114 Å². The fourth-order valence-electron chi connectivity index (χ4n) is 5.18. The maximum Gasteiger partial charge on any atom is 0.389 e. The first-order valence-electron chi connectivity index (χ1n) is 13.2. The number of amides is 2. The number of hydrogen-bond acceptors (Lipinski definition) is 6. The summed E-state index contributed by atoms with van der Waals surface area (Å²) in [6, 6.07) is 0.473. The number of aryl methyl sites for hydroxylation is 1. The third-order valence-corrected chi connectivity index (χ3v) is 7.56. The van der Waals surface area contributed by atoms with Gasteiger partial charge in [-0.15, -0.1) is 0 Å². The fourth-order valence-corrected chi connectivity index (χ4v) is 5.18. The molecule has 0 aliphatic heterocycles. The van der Waals surface area contributed by atoms with Gasteiger partial charge in [0.05, 0.1) is 42.8 Å². The molecule has 14 heteroatoms. The van der Waals surface area contributed by atoms with Crippen molar-refractivity contribution in [2.45, 2.75) is 82.5 Å². The summed E-state index contributed by atoms with van der Waals surface area (Å²) in [6.45, 7) is 1.66. The molecule has 3 aromatic rings. The first kappa shape index (κ1) is 28.0. The van der Waals surface area contributed by atoms with Crippen LogP contribution in [-0.4, -0.2) is 43.7 Å². The van der Waals surface area contributed by atoms with E-state index in [1.807, 2.05) is 0 Å². The van der Waals surface area contributed by atoms with E-state index in [0.29, 0.717) is 22.5 Å². The van der Waals surface area contributed by atoms with Crippen molar-refractivity contribution in [1.29, 1.82) is 0 Å². The van der Waals surface area contributed by atoms with Gasteiger partial charge in [0.2, 0.25) is 17.6 Å². The number of imidazole rings is 1. The van der Waals surface area contributed by atoms with Crippen LogP contribution in [0, 0.1) is 18.8 Å². The number of nitrogens with zero attached hydrogens (tertiary/aromatic N) is 4. The Morgan fingerprint density at radius 3 is 2.42 bits per heavy atom. The van der Waals surface area contributed by atoms with E-state index in [-0.39, 0.29) is 43.3 Å². The Labute approximate surface area is 225 Å². The number of carbonyl (C=O) groups excluding carboxylic acids is 2. The van der Waals surface area contributed by atoms with E-state index in [9.17, 15) is 31.5 Å². The van der Waals surface area contributed by atoms with Crippen molar-refractivity contribution < 1.29 is 36.1 Å². The van der Waals surface area contributed by atoms with E-state index in [0.717, 1.165) is 12.8 Å². The molecule has 0 unspecified atom stereocenters. The normalized spacial score (nSPS) is 19.4. The Kier molecular flexibility index (Phi) is 7.53. The molecule has 2 fully saturated rings. The summed E-state index contributed by atoms with van der Waals surface area (Å²) in [7, 11) is 0. The molecule has 2 atom stereocenters. The van der Waals surface area contributed by atoms with E-state index in [1.165, 1.54) is 16.9 Å². The standard InChI is InChI=1S/C26H29F5N6O3/c1-14-11-33-40-23(14)24(39)36-22(16-4-7-25(27,28)8-5-16)18-13-37-19(34-18)10-17(12-32-37)21(15-2-3-15)35-20(38)6-9-26(29,30)31/h10-13,15-16,21-22H,2-9H2,1H3,(H,35,38)(H,36,39)/t21-,22+/m1/s1. The molecule has 2 amide bonds. The van der Waals surface area contributed by atoms with E-state index in [1.54, 1.807) is 19.2 Å². The fraction of sp³-hybridized carbons (Fsp3) is 0.577. The maximum atomic E-state index is 13.9. The van der Waals surface area contributed by atoms with Crippen LogP contribution in [0.25, 0.3) is 5.65 Å². The third-order valence-electron chi connectivity index (χ3n) is 7.56. The van der Waals surface area contributed by atoms with Gasteiger partial charge in [0, 0.05) is 24.8 Å². The molecule has 40 heavy (non-hydrogen) atoms. The summed E-state index contributed by atoms with van der Waals surface area (Å²) in [5, 5.41) is 13.6. The Morgan fingerprint density at radius 1 is 1.10 bits per heavy atom. The summed E-state index contributed by atoms with van der Waals surface area (Å²) in [5.74, 6) is -4.22. The van der Waals surface area contributed by atoms with Crippen LogP contribution < -0.4 is 10.6 Å². The second-order valence-electron chi connectivity index (χ2n) is 10.7. The van der Waals surface area contributed by atoms with Gasteiger partial charge < -0.3 is 15.2 Å². The van der Waals surface area contributed by atoms with E-state index >= 15 is 0 Å². The molecular formula is C26H29F5N6O3. The highest BCUT2D eigenvalue weighted by Gasteiger charge is 2.40. The van der Waals surface area contributed by atoms with Crippen LogP contribution in [-0.2, 0) is 4.79 Å². The van der Waals surface area contributed by atoms with Crippen molar-refractivity contribution in [3.8, 4) is 0 Å². The van der Waals surface area contributed by atoms with Crippen LogP contribution >= 0.6 is 0 Å². The highest BCUT2D eigenvalue weighted by Crippen LogP contribution is 2.43. The Bertz CT molecular complexity index is 1370. The van der Waals surface area contributed by atoms with Crippen molar-refractivity contribution in [3.63, 3.8) is 0 Å². The second kappa shape index (κ2) is 10.8. The molecule has 9 nitrogen and oxygen atoms in total. The molecular weight excluding hydrogens is 539 g/mol. The number of rotatable bonds is 9. The lowest BCUT2D eigenvalue weighted by Gasteiger charge is -2.33. The van der Waals surface area contributed by atoms with Crippen molar-refractivity contribution in [1.82, 2.24) is 30.4 Å². The van der Waals surface area contributed by atoms with Crippen LogP contribution in [0.2, 0.25) is 0 Å². The SMILES string of the molecule is Cc1cnoc1C(=O)N[C@H](c1cn2ncc([C@H](NC(=O)CCC(F)(F)F)C3CC3)cc2n1)C1CCC(F)(F)CC1. The van der Waals surface area contributed by atoms with Gasteiger partial charge in [0.15, 0.2) is 5.65 Å². The maximum absolute atomic E-state index is 13.9. The lowest BCUT2D eigenvalue weighted by molar-refractivity contribution is -0.144. The van der Waals surface area contributed by atoms with Crippen molar-refractivity contribution in [2.75, 3.05) is 0 Å². The van der Waals surface area contributed by atoms with Gasteiger partial charge >= 0.3 is 6.18 Å². The molecule has 2 aliphatic carbocycles. The first-order valence-corrected chi connectivity index (χ1v) is 13.2. The lowest BCUT2D eigenvalue weighted by atomic mass is 9.81. The monoisotopic (exact) mass is 568 g/mol. The zero-order chi connectivity index (χ0) is 28.7. The predicted octanol–water partition coefficient (Wildman–Crippen LogP) is 5.23. The largest absolute Gasteiger partial charge is 0.389 e. The smallest absolute Gasteiger partial charge is 0.351 e. The lowest BCUT2D eigenvalue weighted by Crippen LogP contribution is -2.37. The van der Waals surface area contributed by atoms with E-state index < -0.39 is 48.8 Å². The zero-order valence-corrected chi connectivity index (χ0v) is 21.7. The molecule has 5 rings (SSSR count).